The van der Waals surface area contributed by atoms with Gasteiger partial charge in [-0.3, -0.25) is 0 Å². The highest BCUT2D eigenvalue weighted by atomic mass is 79.9. The third-order valence-corrected chi connectivity index (χ3v) is 4.52. The average molecular weight is 421 g/mol. The maximum atomic E-state index is 4.98. The van der Waals surface area contributed by atoms with Gasteiger partial charge in [0.05, 0.1) is 6.61 Å². The molecule has 0 spiro atoms. The third-order valence-electron chi connectivity index (χ3n) is 2.57. The van der Waals surface area contributed by atoms with Gasteiger partial charge in [0.15, 0.2) is 0 Å². The van der Waals surface area contributed by atoms with Gasteiger partial charge in [-0.25, -0.2) is 0 Å². The number of rotatable bonds is 7. The summed E-state index contributed by atoms with van der Waals surface area (Å²) >= 11 is 8.61. The molecule has 7 heteroatoms. The van der Waals surface area contributed by atoms with Crippen molar-refractivity contribution in [3.05, 3.63) is 32.2 Å². The van der Waals surface area contributed by atoms with E-state index in [0.29, 0.717) is 0 Å². The summed E-state index contributed by atoms with van der Waals surface area (Å²) in [5, 5.41) is 13.8. The molecular formula is C13H15Br2N3OS. The first-order valence-electron chi connectivity index (χ1n) is 6.17. The molecule has 20 heavy (non-hydrogen) atoms. The molecule has 0 aliphatic carbocycles. The average Bonchev–Trinajstić information content (AvgIpc) is 2.86. The first kappa shape index (κ1) is 16.0. The molecule has 1 heterocycles. The zero-order chi connectivity index (χ0) is 14.4. The van der Waals surface area contributed by atoms with Crippen molar-refractivity contribution in [1.82, 2.24) is 15.5 Å². The van der Waals surface area contributed by atoms with Crippen molar-refractivity contribution in [2.24, 2.45) is 0 Å². The van der Waals surface area contributed by atoms with Crippen LogP contribution in [0.1, 0.15) is 5.01 Å². The van der Waals surface area contributed by atoms with Gasteiger partial charge in [-0.15, -0.1) is 10.2 Å². The summed E-state index contributed by atoms with van der Waals surface area (Å²) in [5.74, 6) is 0. The highest BCUT2D eigenvalue weighted by molar-refractivity contribution is 9.11. The van der Waals surface area contributed by atoms with Gasteiger partial charge in [-0.1, -0.05) is 43.2 Å². The van der Waals surface area contributed by atoms with Crippen LogP contribution in [0.2, 0.25) is 0 Å². The summed E-state index contributed by atoms with van der Waals surface area (Å²) in [5.41, 5.74) is 1.07. The minimum Gasteiger partial charge on any atom is -0.383 e. The van der Waals surface area contributed by atoms with Crippen LogP contribution in [0.3, 0.4) is 0 Å². The van der Waals surface area contributed by atoms with E-state index in [1.165, 1.54) is 0 Å². The number of nitrogens with zero attached hydrogens (tertiary/aromatic N) is 2. The Bertz CT molecular complexity index is 542. The SMILES string of the molecule is COCCNCCc1nnc(-c2cc(Br)cc(Br)c2)s1. The molecule has 0 unspecified atom stereocenters. The Balaban J connectivity index is 1.94. The second-order valence-corrected chi connectivity index (χ2v) is 7.05. The van der Waals surface area contributed by atoms with Crippen molar-refractivity contribution in [3.8, 4) is 10.6 Å². The molecule has 0 aliphatic rings. The lowest BCUT2D eigenvalue weighted by molar-refractivity contribution is 0.199. The lowest BCUT2D eigenvalue weighted by atomic mass is 10.2. The number of aromatic nitrogens is 2. The lowest BCUT2D eigenvalue weighted by Gasteiger charge is -2.01. The van der Waals surface area contributed by atoms with E-state index >= 15 is 0 Å². The molecule has 0 bridgehead atoms. The number of benzene rings is 1. The number of methoxy groups -OCH3 is 1. The Kier molecular flexibility index (Phi) is 6.57. The van der Waals surface area contributed by atoms with Crippen LogP contribution in [0.4, 0.5) is 0 Å². The maximum absolute atomic E-state index is 4.98. The highest BCUT2D eigenvalue weighted by Crippen LogP contribution is 2.29. The van der Waals surface area contributed by atoms with Gasteiger partial charge < -0.3 is 10.1 Å². The third kappa shape index (κ3) is 4.89. The zero-order valence-electron chi connectivity index (χ0n) is 11.0. The van der Waals surface area contributed by atoms with Crippen molar-refractivity contribution in [3.63, 3.8) is 0 Å². The number of nitrogens with one attached hydrogen (secondary N) is 1. The van der Waals surface area contributed by atoms with Gasteiger partial charge in [0.2, 0.25) is 0 Å². The van der Waals surface area contributed by atoms with Crippen molar-refractivity contribution < 1.29 is 4.74 Å². The van der Waals surface area contributed by atoms with Crippen LogP contribution >= 0.6 is 43.2 Å². The van der Waals surface area contributed by atoms with Gasteiger partial charge in [-0.05, 0) is 18.2 Å². The molecule has 0 aliphatic heterocycles. The van der Waals surface area contributed by atoms with Crippen LogP contribution in [-0.2, 0) is 11.2 Å². The second kappa shape index (κ2) is 8.19. The molecular weight excluding hydrogens is 406 g/mol. The van der Waals surface area contributed by atoms with Crippen LogP contribution < -0.4 is 5.32 Å². The second-order valence-electron chi connectivity index (χ2n) is 4.15. The largest absolute Gasteiger partial charge is 0.383 e. The monoisotopic (exact) mass is 419 g/mol. The standard InChI is InChI=1S/C13H15Br2N3OS/c1-19-5-4-16-3-2-12-17-18-13(20-12)9-6-10(14)8-11(15)7-9/h6-8,16H,2-5H2,1H3. The number of halogens is 2. The minimum absolute atomic E-state index is 0.730. The molecule has 2 rings (SSSR count). The first-order chi connectivity index (χ1) is 9.69. The molecule has 1 aromatic carbocycles. The van der Waals surface area contributed by atoms with E-state index in [4.69, 9.17) is 4.74 Å². The van der Waals surface area contributed by atoms with E-state index in [9.17, 15) is 0 Å². The summed E-state index contributed by atoms with van der Waals surface area (Å²) in [6.07, 6.45) is 0.885. The molecule has 4 nitrogen and oxygen atoms in total. The normalized spacial score (nSPS) is 10.9. The number of hydrogen-bond donors (Lipinski definition) is 1. The molecule has 1 N–H and O–H groups in total. The topological polar surface area (TPSA) is 47.0 Å². The first-order valence-corrected chi connectivity index (χ1v) is 8.58. The van der Waals surface area contributed by atoms with Gasteiger partial charge in [0.1, 0.15) is 10.0 Å². The predicted molar refractivity (Wildman–Crippen MR) is 89.2 cm³/mol. The minimum atomic E-state index is 0.730. The molecule has 0 radical (unpaired) electrons. The number of hydrogen-bond acceptors (Lipinski definition) is 5. The fraction of sp³-hybridized carbons (Fsp3) is 0.385. The molecule has 1 aromatic heterocycles. The highest BCUT2D eigenvalue weighted by Gasteiger charge is 2.08. The van der Waals surface area contributed by atoms with E-state index in [1.54, 1.807) is 18.4 Å². The zero-order valence-corrected chi connectivity index (χ0v) is 15.0. The van der Waals surface area contributed by atoms with Gasteiger partial charge >= 0.3 is 0 Å². The van der Waals surface area contributed by atoms with Gasteiger partial charge in [0, 0.05) is 41.1 Å². The van der Waals surface area contributed by atoms with Crippen LogP contribution in [0.25, 0.3) is 10.6 Å². The molecule has 0 saturated heterocycles. The van der Waals surface area contributed by atoms with Crippen molar-refractivity contribution in [1.29, 1.82) is 0 Å². The molecule has 108 valence electrons. The summed E-state index contributed by atoms with van der Waals surface area (Å²) < 4.78 is 7.04. The quantitative estimate of drug-likeness (QED) is 0.696. The number of ether oxygens (including phenoxy) is 1. The Labute approximate surface area is 139 Å². The molecule has 2 aromatic rings. The Hall–Kier alpha value is -0.340. The van der Waals surface area contributed by atoms with E-state index in [0.717, 1.165) is 50.6 Å². The van der Waals surface area contributed by atoms with E-state index in [-0.39, 0.29) is 0 Å². The smallest absolute Gasteiger partial charge is 0.147 e. The molecule has 0 fully saturated rings. The van der Waals surface area contributed by atoms with Crippen LogP contribution in [-0.4, -0.2) is 37.0 Å². The van der Waals surface area contributed by atoms with Crippen LogP contribution in [0.5, 0.6) is 0 Å². The Morgan fingerprint density at radius 1 is 1.15 bits per heavy atom. The molecule has 0 atom stereocenters. The Morgan fingerprint density at radius 2 is 1.90 bits per heavy atom. The van der Waals surface area contributed by atoms with Crippen molar-refractivity contribution >= 4 is 43.2 Å². The lowest BCUT2D eigenvalue weighted by Crippen LogP contribution is -2.21. The molecule has 0 amide bonds. The fourth-order valence-corrected chi connectivity index (χ4v) is 3.76. The predicted octanol–water partition coefficient (Wildman–Crippen LogP) is 3.51. The van der Waals surface area contributed by atoms with Crippen molar-refractivity contribution in [2.45, 2.75) is 6.42 Å². The van der Waals surface area contributed by atoms with E-state index < -0.39 is 0 Å². The summed E-state index contributed by atoms with van der Waals surface area (Å²) in [6, 6.07) is 6.10. The van der Waals surface area contributed by atoms with Gasteiger partial charge in [-0.2, -0.15) is 0 Å². The van der Waals surface area contributed by atoms with E-state index in [2.05, 4.69) is 47.4 Å². The van der Waals surface area contributed by atoms with Crippen molar-refractivity contribution in [2.75, 3.05) is 26.8 Å². The molecule has 0 saturated carbocycles. The maximum Gasteiger partial charge on any atom is 0.147 e. The van der Waals surface area contributed by atoms with E-state index in [1.807, 2.05) is 18.2 Å². The summed E-state index contributed by atoms with van der Waals surface area (Å²) in [6.45, 7) is 2.48. The van der Waals surface area contributed by atoms with Crippen LogP contribution in [0.15, 0.2) is 27.1 Å². The fourth-order valence-electron chi connectivity index (χ4n) is 1.64. The van der Waals surface area contributed by atoms with Gasteiger partial charge in [0.25, 0.3) is 0 Å². The van der Waals surface area contributed by atoms with Crippen LogP contribution in [0, 0.1) is 0 Å². The summed E-state index contributed by atoms with van der Waals surface area (Å²) in [4.78, 5) is 0. The Morgan fingerprint density at radius 3 is 2.60 bits per heavy atom. The summed E-state index contributed by atoms with van der Waals surface area (Å²) in [7, 11) is 1.70.